The molecule has 2 aromatic rings. The third kappa shape index (κ3) is 3.87. The number of rotatable bonds is 4. The Morgan fingerprint density at radius 1 is 1.30 bits per heavy atom. The van der Waals surface area contributed by atoms with Crippen LogP contribution < -0.4 is 10.2 Å². The maximum Gasteiger partial charge on any atom is 0.338 e. The molecule has 1 heterocycles. The summed E-state index contributed by atoms with van der Waals surface area (Å²) in [4.78, 5) is 35.9. The number of carbonyl (C=O) groups excluding carboxylic acids is 2. The molecule has 0 bridgehead atoms. The standard InChI is InChI=1S/C16H18N2O4S/c1-9(2)22-15(20)11-6-5-7-12(8-11)17-14(19)13-10(3)18(4)16(21)23-13/h5-9H,1-4H3,(H,17,19). The van der Waals surface area contributed by atoms with Crippen LogP contribution in [0.2, 0.25) is 0 Å². The van der Waals surface area contributed by atoms with Gasteiger partial charge in [0.05, 0.1) is 11.7 Å². The maximum absolute atomic E-state index is 12.3. The number of ether oxygens (including phenoxy) is 1. The lowest BCUT2D eigenvalue weighted by molar-refractivity contribution is 0.0378. The second-order valence-corrected chi connectivity index (χ2v) is 6.29. The zero-order valence-electron chi connectivity index (χ0n) is 13.4. The average molecular weight is 334 g/mol. The minimum atomic E-state index is -0.448. The van der Waals surface area contributed by atoms with E-state index in [1.165, 1.54) is 4.57 Å². The van der Waals surface area contributed by atoms with E-state index in [9.17, 15) is 14.4 Å². The highest BCUT2D eigenvalue weighted by Crippen LogP contribution is 2.16. The van der Waals surface area contributed by atoms with Crippen molar-refractivity contribution in [2.24, 2.45) is 7.05 Å². The Balaban J connectivity index is 2.20. The van der Waals surface area contributed by atoms with Gasteiger partial charge in [0.15, 0.2) is 0 Å². The lowest BCUT2D eigenvalue weighted by Gasteiger charge is -2.09. The Bertz CT molecular complexity index is 805. The number of nitrogens with one attached hydrogen (secondary N) is 1. The van der Waals surface area contributed by atoms with E-state index >= 15 is 0 Å². The van der Waals surface area contributed by atoms with Crippen molar-refractivity contribution in [1.29, 1.82) is 0 Å². The minimum Gasteiger partial charge on any atom is -0.459 e. The number of hydrogen-bond donors (Lipinski definition) is 1. The number of carbonyl (C=O) groups is 2. The van der Waals surface area contributed by atoms with Crippen LogP contribution in [0.4, 0.5) is 5.69 Å². The van der Waals surface area contributed by atoms with Crippen LogP contribution in [-0.4, -0.2) is 22.5 Å². The molecule has 6 nitrogen and oxygen atoms in total. The van der Waals surface area contributed by atoms with Crippen LogP contribution in [0.1, 0.15) is 39.6 Å². The van der Waals surface area contributed by atoms with Gasteiger partial charge in [-0.25, -0.2) is 4.79 Å². The van der Waals surface area contributed by atoms with Gasteiger partial charge in [-0.05, 0) is 39.0 Å². The lowest BCUT2D eigenvalue weighted by Crippen LogP contribution is -2.14. The quantitative estimate of drug-likeness (QED) is 0.872. The van der Waals surface area contributed by atoms with E-state index in [1.807, 2.05) is 0 Å². The Morgan fingerprint density at radius 2 is 2.00 bits per heavy atom. The van der Waals surface area contributed by atoms with E-state index in [1.54, 1.807) is 52.1 Å². The van der Waals surface area contributed by atoms with E-state index in [0.29, 0.717) is 21.8 Å². The van der Waals surface area contributed by atoms with Crippen LogP contribution in [0.25, 0.3) is 0 Å². The van der Waals surface area contributed by atoms with Gasteiger partial charge >= 0.3 is 10.8 Å². The number of hydrogen-bond acceptors (Lipinski definition) is 5. The molecule has 0 atom stereocenters. The van der Waals surface area contributed by atoms with Crippen molar-refractivity contribution >= 4 is 28.9 Å². The second-order valence-electron chi connectivity index (χ2n) is 5.33. The van der Waals surface area contributed by atoms with Crippen LogP contribution in [0.3, 0.4) is 0 Å². The molecule has 1 aromatic heterocycles. The number of thiazole rings is 1. The molecule has 0 unspecified atom stereocenters. The van der Waals surface area contributed by atoms with Crippen LogP contribution >= 0.6 is 11.3 Å². The normalized spacial score (nSPS) is 10.7. The first-order valence-electron chi connectivity index (χ1n) is 7.08. The van der Waals surface area contributed by atoms with Gasteiger partial charge in [-0.1, -0.05) is 17.4 Å². The molecule has 2 rings (SSSR count). The number of esters is 1. The molecule has 0 saturated carbocycles. The van der Waals surface area contributed by atoms with Gasteiger partial charge in [0.1, 0.15) is 4.88 Å². The van der Waals surface area contributed by atoms with Crippen LogP contribution in [-0.2, 0) is 11.8 Å². The molecule has 7 heteroatoms. The molecular weight excluding hydrogens is 316 g/mol. The summed E-state index contributed by atoms with van der Waals surface area (Å²) in [5.41, 5.74) is 1.43. The predicted molar refractivity (Wildman–Crippen MR) is 89.2 cm³/mol. The highest BCUT2D eigenvalue weighted by Gasteiger charge is 2.17. The highest BCUT2D eigenvalue weighted by molar-refractivity contribution is 7.11. The molecule has 0 fully saturated rings. The maximum atomic E-state index is 12.3. The first kappa shape index (κ1) is 17.0. The Hall–Kier alpha value is -2.41. The molecule has 0 radical (unpaired) electrons. The van der Waals surface area contributed by atoms with Crippen molar-refractivity contribution in [1.82, 2.24) is 4.57 Å². The lowest BCUT2D eigenvalue weighted by atomic mass is 10.2. The average Bonchev–Trinajstić information content (AvgIpc) is 2.74. The van der Waals surface area contributed by atoms with Crippen molar-refractivity contribution in [2.45, 2.75) is 26.9 Å². The molecule has 0 aliphatic rings. The molecule has 0 aliphatic heterocycles. The highest BCUT2D eigenvalue weighted by atomic mass is 32.1. The Morgan fingerprint density at radius 3 is 2.57 bits per heavy atom. The SMILES string of the molecule is Cc1c(C(=O)Nc2cccc(C(=O)OC(C)C)c2)sc(=O)n1C. The number of aromatic nitrogens is 1. The van der Waals surface area contributed by atoms with E-state index in [0.717, 1.165) is 11.3 Å². The molecule has 0 saturated heterocycles. The van der Waals surface area contributed by atoms with Crippen molar-refractivity contribution in [3.63, 3.8) is 0 Å². The summed E-state index contributed by atoms with van der Waals surface area (Å²) in [7, 11) is 1.62. The summed E-state index contributed by atoms with van der Waals surface area (Å²) in [5.74, 6) is -0.823. The van der Waals surface area contributed by atoms with Crippen molar-refractivity contribution in [2.75, 3.05) is 5.32 Å². The summed E-state index contributed by atoms with van der Waals surface area (Å²) in [5, 5.41) is 2.70. The zero-order valence-corrected chi connectivity index (χ0v) is 14.2. The molecule has 1 N–H and O–H groups in total. The topological polar surface area (TPSA) is 77.4 Å². The van der Waals surface area contributed by atoms with Gasteiger partial charge in [-0.3, -0.25) is 9.59 Å². The van der Waals surface area contributed by atoms with Crippen LogP contribution in [0, 0.1) is 6.92 Å². The van der Waals surface area contributed by atoms with E-state index in [4.69, 9.17) is 4.74 Å². The van der Waals surface area contributed by atoms with Gasteiger partial charge in [0.2, 0.25) is 0 Å². The van der Waals surface area contributed by atoms with Crippen molar-refractivity contribution in [3.05, 3.63) is 50.1 Å². The summed E-state index contributed by atoms with van der Waals surface area (Å²) < 4.78 is 6.55. The molecule has 0 aliphatic carbocycles. The fourth-order valence-electron chi connectivity index (χ4n) is 1.92. The largest absolute Gasteiger partial charge is 0.459 e. The molecule has 23 heavy (non-hydrogen) atoms. The first-order chi connectivity index (χ1) is 10.8. The summed E-state index contributed by atoms with van der Waals surface area (Å²) in [6, 6.07) is 6.49. The fourth-order valence-corrected chi connectivity index (χ4v) is 2.80. The van der Waals surface area contributed by atoms with E-state index in [2.05, 4.69) is 5.32 Å². The van der Waals surface area contributed by atoms with Crippen molar-refractivity contribution < 1.29 is 14.3 Å². The third-order valence-corrected chi connectivity index (χ3v) is 4.33. The smallest absolute Gasteiger partial charge is 0.338 e. The molecular formula is C16H18N2O4S. The minimum absolute atomic E-state index is 0.193. The summed E-state index contributed by atoms with van der Waals surface area (Å²) in [6.07, 6.45) is -0.218. The monoisotopic (exact) mass is 334 g/mol. The zero-order chi connectivity index (χ0) is 17.1. The summed E-state index contributed by atoms with van der Waals surface area (Å²) >= 11 is 0.891. The Kier molecular flexibility index (Phi) is 5.00. The molecule has 1 amide bonds. The number of nitrogens with zero attached hydrogens (tertiary/aromatic N) is 1. The fraction of sp³-hybridized carbons (Fsp3) is 0.312. The van der Waals surface area contributed by atoms with Crippen LogP contribution in [0.15, 0.2) is 29.1 Å². The van der Waals surface area contributed by atoms with Crippen molar-refractivity contribution in [3.8, 4) is 0 Å². The third-order valence-electron chi connectivity index (χ3n) is 3.20. The van der Waals surface area contributed by atoms with Gasteiger partial charge in [0, 0.05) is 18.4 Å². The predicted octanol–water partition coefficient (Wildman–Crippen LogP) is 2.57. The number of benzene rings is 1. The number of amides is 1. The van der Waals surface area contributed by atoms with Crippen LogP contribution in [0.5, 0.6) is 0 Å². The summed E-state index contributed by atoms with van der Waals surface area (Å²) in [6.45, 7) is 5.25. The van der Waals surface area contributed by atoms with Gasteiger partial charge in [0.25, 0.3) is 5.91 Å². The Labute approximate surface area is 137 Å². The van der Waals surface area contributed by atoms with E-state index < -0.39 is 5.97 Å². The first-order valence-corrected chi connectivity index (χ1v) is 7.90. The molecule has 0 spiro atoms. The van der Waals surface area contributed by atoms with Gasteiger partial charge < -0.3 is 14.6 Å². The second kappa shape index (κ2) is 6.78. The molecule has 122 valence electrons. The van der Waals surface area contributed by atoms with E-state index in [-0.39, 0.29) is 16.9 Å². The molecule has 1 aromatic carbocycles. The van der Waals surface area contributed by atoms with Gasteiger partial charge in [-0.2, -0.15) is 0 Å². The van der Waals surface area contributed by atoms with Gasteiger partial charge in [-0.15, -0.1) is 0 Å². The number of anilines is 1.